The number of rotatable bonds is 6. The van der Waals surface area contributed by atoms with E-state index in [9.17, 15) is 14.4 Å². The Labute approximate surface area is 205 Å². The van der Waals surface area contributed by atoms with Gasteiger partial charge in [-0.1, -0.05) is 66.7 Å². The quantitative estimate of drug-likeness (QED) is 0.451. The minimum Gasteiger partial charge on any atom is -0.384 e. The number of carbonyl (C=O) groups excluding carboxylic acids is 3. The van der Waals surface area contributed by atoms with E-state index < -0.39 is 6.04 Å². The Balaban J connectivity index is 1.19. The second-order valence-electron chi connectivity index (χ2n) is 9.38. The predicted octanol–water partition coefficient (Wildman–Crippen LogP) is 3.68. The van der Waals surface area contributed by atoms with Gasteiger partial charge in [-0.3, -0.25) is 14.4 Å². The van der Waals surface area contributed by atoms with Gasteiger partial charge in [0.1, 0.15) is 0 Å². The van der Waals surface area contributed by atoms with Crippen LogP contribution >= 0.6 is 0 Å². The van der Waals surface area contributed by atoms with Crippen molar-refractivity contribution < 1.29 is 14.4 Å². The molecular formula is C29H29N3O3. The lowest BCUT2D eigenvalue weighted by Gasteiger charge is -2.34. The number of piperidine rings is 1. The van der Waals surface area contributed by atoms with Gasteiger partial charge in [-0.25, -0.2) is 0 Å². The van der Waals surface area contributed by atoms with Crippen LogP contribution in [0, 0.1) is 5.92 Å². The molecule has 1 aliphatic heterocycles. The second kappa shape index (κ2) is 9.84. The number of anilines is 1. The number of hydrogen-bond donors (Lipinski definition) is 2. The highest BCUT2D eigenvalue weighted by molar-refractivity contribution is 6.30. The van der Waals surface area contributed by atoms with Gasteiger partial charge in [0.25, 0.3) is 0 Å². The lowest BCUT2D eigenvalue weighted by atomic mass is 9.83. The number of benzene rings is 3. The number of amides is 1. The van der Waals surface area contributed by atoms with E-state index in [-0.39, 0.29) is 17.5 Å². The molecule has 3 aromatic carbocycles. The molecule has 1 aliphatic carbocycles. The van der Waals surface area contributed by atoms with Crippen LogP contribution in [0.25, 0.3) is 0 Å². The van der Waals surface area contributed by atoms with Crippen LogP contribution in [-0.4, -0.2) is 48.0 Å². The molecule has 1 amide bonds. The summed E-state index contributed by atoms with van der Waals surface area (Å²) in [4.78, 5) is 40.8. The number of hydrogen-bond acceptors (Lipinski definition) is 5. The van der Waals surface area contributed by atoms with Gasteiger partial charge in [-0.05, 0) is 36.8 Å². The fourth-order valence-electron chi connectivity index (χ4n) is 5.09. The van der Waals surface area contributed by atoms with E-state index >= 15 is 0 Å². The topological polar surface area (TPSA) is 92.5 Å². The molecule has 3 N–H and O–H groups in total. The molecule has 5 rings (SSSR count). The summed E-state index contributed by atoms with van der Waals surface area (Å²) in [6, 6.07) is 21.7. The van der Waals surface area contributed by atoms with Gasteiger partial charge >= 0.3 is 0 Å². The third-order valence-electron chi connectivity index (χ3n) is 7.08. The minimum absolute atomic E-state index is 0.000153. The molecule has 1 fully saturated rings. The number of likely N-dealkylation sites (tertiary alicyclic amines) is 1. The van der Waals surface area contributed by atoms with Gasteiger partial charge < -0.3 is 16.0 Å². The number of nitrogens with two attached hydrogens (primary N) is 1. The molecule has 2 aliphatic rings. The van der Waals surface area contributed by atoms with Crippen LogP contribution in [0.15, 0.2) is 72.8 Å². The maximum absolute atomic E-state index is 13.2. The van der Waals surface area contributed by atoms with E-state index in [2.05, 4.69) is 5.32 Å². The highest BCUT2D eigenvalue weighted by atomic mass is 16.2. The van der Waals surface area contributed by atoms with Crippen molar-refractivity contribution in [3.05, 3.63) is 101 Å². The molecule has 178 valence electrons. The summed E-state index contributed by atoms with van der Waals surface area (Å²) in [5.74, 6) is 0.130. The molecular weight excluding hydrogens is 438 g/mol. The van der Waals surface area contributed by atoms with Gasteiger partial charge in [0.15, 0.2) is 11.6 Å². The van der Waals surface area contributed by atoms with E-state index in [1.807, 2.05) is 47.4 Å². The van der Waals surface area contributed by atoms with Crippen molar-refractivity contribution in [3.63, 3.8) is 0 Å². The van der Waals surface area contributed by atoms with Crippen LogP contribution in [-0.2, 0) is 11.2 Å². The normalized spacial score (nSPS) is 16.4. The van der Waals surface area contributed by atoms with E-state index in [1.165, 1.54) is 0 Å². The molecule has 1 saturated heterocycles. The Morgan fingerprint density at radius 3 is 2.20 bits per heavy atom. The number of carbonyl (C=O) groups is 3. The van der Waals surface area contributed by atoms with Crippen molar-refractivity contribution in [1.29, 1.82) is 0 Å². The van der Waals surface area contributed by atoms with Crippen LogP contribution in [0.2, 0.25) is 0 Å². The number of nitrogens with zero attached hydrogens (tertiary/aromatic N) is 1. The predicted molar refractivity (Wildman–Crippen MR) is 136 cm³/mol. The third-order valence-corrected chi connectivity index (χ3v) is 7.08. The highest BCUT2D eigenvalue weighted by Crippen LogP contribution is 2.32. The standard InChI is InChI=1S/C29H29N3O3/c30-24(17-19-7-2-1-3-8-19)29(35)32-15-13-20(14-16-32)18-31-25-12-6-11-23-26(25)28(34)22-10-5-4-9-21(22)27(23)33/h1-12,20,24,31H,13-18,30H2/t24-/m0/s1. The van der Waals surface area contributed by atoms with Crippen LogP contribution in [0.1, 0.15) is 50.2 Å². The van der Waals surface area contributed by atoms with Crippen molar-refractivity contribution in [2.75, 3.05) is 25.0 Å². The van der Waals surface area contributed by atoms with E-state index in [1.54, 1.807) is 30.3 Å². The summed E-state index contributed by atoms with van der Waals surface area (Å²) in [5.41, 5.74) is 9.79. The van der Waals surface area contributed by atoms with Crippen molar-refractivity contribution >= 4 is 23.2 Å². The third kappa shape index (κ3) is 4.62. The van der Waals surface area contributed by atoms with Crippen molar-refractivity contribution in [1.82, 2.24) is 4.90 Å². The van der Waals surface area contributed by atoms with E-state index in [0.29, 0.717) is 59.9 Å². The summed E-state index contributed by atoms with van der Waals surface area (Å²) < 4.78 is 0. The monoisotopic (exact) mass is 467 g/mol. The molecule has 0 radical (unpaired) electrons. The zero-order chi connectivity index (χ0) is 24.4. The van der Waals surface area contributed by atoms with Crippen LogP contribution in [0.3, 0.4) is 0 Å². The molecule has 0 aromatic heterocycles. The largest absolute Gasteiger partial charge is 0.384 e. The average molecular weight is 468 g/mol. The maximum atomic E-state index is 13.2. The Morgan fingerprint density at radius 2 is 1.49 bits per heavy atom. The fourth-order valence-corrected chi connectivity index (χ4v) is 5.09. The van der Waals surface area contributed by atoms with Gasteiger partial charge in [-0.2, -0.15) is 0 Å². The molecule has 1 atom stereocenters. The molecule has 0 spiro atoms. The Kier molecular flexibility index (Phi) is 6.47. The molecule has 6 nitrogen and oxygen atoms in total. The number of nitrogens with one attached hydrogen (secondary N) is 1. The van der Waals surface area contributed by atoms with Gasteiger partial charge in [0, 0.05) is 42.0 Å². The second-order valence-corrected chi connectivity index (χ2v) is 9.38. The first-order chi connectivity index (χ1) is 17.0. The van der Waals surface area contributed by atoms with Crippen LogP contribution in [0.5, 0.6) is 0 Å². The number of fused-ring (bicyclic) bond motifs is 2. The lowest BCUT2D eigenvalue weighted by Crippen LogP contribution is -2.48. The van der Waals surface area contributed by atoms with E-state index in [0.717, 1.165) is 18.4 Å². The molecule has 0 bridgehead atoms. The SMILES string of the molecule is N[C@@H](Cc1ccccc1)C(=O)N1CCC(CNc2cccc3c2C(=O)c2ccccc2C3=O)CC1. The summed E-state index contributed by atoms with van der Waals surface area (Å²) in [7, 11) is 0. The van der Waals surface area contributed by atoms with Crippen LogP contribution < -0.4 is 11.1 Å². The van der Waals surface area contributed by atoms with Gasteiger partial charge in [0.05, 0.1) is 11.6 Å². The lowest BCUT2D eigenvalue weighted by molar-refractivity contribution is -0.133. The molecule has 35 heavy (non-hydrogen) atoms. The Morgan fingerprint density at radius 1 is 0.857 bits per heavy atom. The Hall–Kier alpha value is -3.77. The highest BCUT2D eigenvalue weighted by Gasteiger charge is 2.32. The van der Waals surface area contributed by atoms with Crippen molar-refractivity contribution in [2.24, 2.45) is 11.7 Å². The zero-order valence-electron chi connectivity index (χ0n) is 19.6. The summed E-state index contributed by atoms with van der Waals surface area (Å²) in [6.07, 6.45) is 2.26. The first-order valence-electron chi connectivity index (χ1n) is 12.2. The molecule has 0 unspecified atom stereocenters. The van der Waals surface area contributed by atoms with Gasteiger partial charge in [-0.15, -0.1) is 0 Å². The minimum atomic E-state index is -0.533. The van der Waals surface area contributed by atoms with Crippen molar-refractivity contribution in [3.8, 4) is 0 Å². The Bertz CT molecular complexity index is 1260. The molecule has 1 heterocycles. The zero-order valence-corrected chi connectivity index (χ0v) is 19.6. The molecule has 3 aromatic rings. The first kappa shape index (κ1) is 23.0. The van der Waals surface area contributed by atoms with Crippen molar-refractivity contribution in [2.45, 2.75) is 25.3 Å². The number of ketones is 2. The van der Waals surface area contributed by atoms with E-state index in [4.69, 9.17) is 5.73 Å². The first-order valence-corrected chi connectivity index (χ1v) is 12.2. The smallest absolute Gasteiger partial charge is 0.239 e. The summed E-state index contributed by atoms with van der Waals surface area (Å²) in [6.45, 7) is 2.02. The van der Waals surface area contributed by atoms with Crippen LogP contribution in [0.4, 0.5) is 5.69 Å². The summed E-state index contributed by atoms with van der Waals surface area (Å²) in [5, 5.41) is 3.42. The maximum Gasteiger partial charge on any atom is 0.239 e. The average Bonchev–Trinajstić information content (AvgIpc) is 2.90. The molecule has 0 saturated carbocycles. The summed E-state index contributed by atoms with van der Waals surface area (Å²) >= 11 is 0. The van der Waals surface area contributed by atoms with Gasteiger partial charge in [0.2, 0.25) is 5.91 Å². The fraction of sp³-hybridized carbons (Fsp3) is 0.276. The molecule has 6 heteroatoms.